The Labute approximate surface area is 146 Å². The number of nitrogens with one attached hydrogen (secondary N) is 1. The third-order valence-electron chi connectivity index (χ3n) is 4.56. The lowest BCUT2D eigenvalue weighted by molar-refractivity contribution is -0.00552. The van der Waals surface area contributed by atoms with Crippen molar-refractivity contribution in [2.45, 2.75) is 39.0 Å². The number of rotatable bonds is 2. The van der Waals surface area contributed by atoms with Gasteiger partial charge < -0.3 is 20.7 Å². The summed E-state index contributed by atoms with van der Waals surface area (Å²) in [6.45, 7) is 7.57. The third kappa shape index (κ3) is 3.27. The maximum atomic E-state index is 5.88. The number of morpholine rings is 1. The summed E-state index contributed by atoms with van der Waals surface area (Å²) in [7, 11) is 0. The zero-order valence-electron chi connectivity index (χ0n) is 14.6. The van der Waals surface area contributed by atoms with Crippen LogP contribution in [0.25, 0.3) is 11.4 Å². The summed E-state index contributed by atoms with van der Waals surface area (Å²) >= 11 is 0. The topological polar surface area (TPSA) is 102 Å². The van der Waals surface area contributed by atoms with Crippen LogP contribution in [-0.2, 0) is 17.7 Å². The molecule has 2 atom stereocenters. The molecule has 4 heterocycles. The van der Waals surface area contributed by atoms with E-state index in [0.717, 1.165) is 49.7 Å². The second-order valence-electron chi connectivity index (χ2n) is 6.72. The summed E-state index contributed by atoms with van der Waals surface area (Å²) in [5.41, 5.74) is 8.66. The molecular weight excluding hydrogens is 318 g/mol. The van der Waals surface area contributed by atoms with Crippen molar-refractivity contribution in [3.63, 3.8) is 0 Å². The molecule has 2 aliphatic rings. The summed E-state index contributed by atoms with van der Waals surface area (Å²) in [5.74, 6) is 1.91. The van der Waals surface area contributed by atoms with Gasteiger partial charge in [-0.15, -0.1) is 0 Å². The standard InChI is InChI=1S/C17H23N7O/c1-10-8-24(9-11(2)25-10)16-13-3-4-19-7-14(13)22-15(23-16)12-5-20-17(18)21-6-12/h5-6,10-11,19H,3-4,7-9H2,1-2H3,(H2,18,20,21)/t10-,11+. The first-order chi connectivity index (χ1) is 12.1. The van der Waals surface area contributed by atoms with E-state index in [9.17, 15) is 0 Å². The van der Waals surface area contributed by atoms with Crippen LogP contribution in [0.2, 0.25) is 0 Å². The number of anilines is 2. The van der Waals surface area contributed by atoms with Crippen molar-refractivity contribution in [2.24, 2.45) is 0 Å². The predicted octanol–water partition coefficient (Wildman–Crippen LogP) is 0.775. The number of nitrogens with two attached hydrogens (primary N) is 1. The second-order valence-corrected chi connectivity index (χ2v) is 6.72. The molecule has 0 unspecified atom stereocenters. The van der Waals surface area contributed by atoms with E-state index >= 15 is 0 Å². The number of ether oxygens (including phenoxy) is 1. The normalized spacial score (nSPS) is 23.4. The SMILES string of the molecule is C[C@@H]1CN(c2nc(-c3cnc(N)nc3)nc3c2CCNC3)C[C@H](C)O1. The molecule has 3 N–H and O–H groups in total. The van der Waals surface area contributed by atoms with Gasteiger partial charge in [0.1, 0.15) is 5.82 Å². The fourth-order valence-corrected chi connectivity index (χ4v) is 3.53. The van der Waals surface area contributed by atoms with E-state index in [4.69, 9.17) is 20.4 Å². The molecule has 1 saturated heterocycles. The first-order valence-corrected chi connectivity index (χ1v) is 8.69. The van der Waals surface area contributed by atoms with Crippen molar-refractivity contribution in [1.29, 1.82) is 0 Å². The van der Waals surface area contributed by atoms with Gasteiger partial charge in [-0.3, -0.25) is 0 Å². The van der Waals surface area contributed by atoms with Crippen molar-refractivity contribution in [2.75, 3.05) is 30.3 Å². The number of nitrogen functional groups attached to an aromatic ring is 1. The Kier molecular flexibility index (Phi) is 4.22. The number of hydrogen-bond acceptors (Lipinski definition) is 8. The van der Waals surface area contributed by atoms with Crippen LogP contribution in [0.5, 0.6) is 0 Å². The van der Waals surface area contributed by atoms with Crippen molar-refractivity contribution < 1.29 is 4.74 Å². The van der Waals surface area contributed by atoms with Crippen molar-refractivity contribution in [3.05, 3.63) is 23.7 Å². The first-order valence-electron chi connectivity index (χ1n) is 8.69. The summed E-state index contributed by atoms with van der Waals surface area (Å²) in [6.07, 6.45) is 4.64. The Hall–Kier alpha value is -2.32. The van der Waals surface area contributed by atoms with E-state index in [-0.39, 0.29) is 18.2 Å². The van der Waals surface area contributed by atoms with Crippen molar-refractivity contribution >= 4 is 11.8 Å². The highest BCUT2D eigenvalue weighted by molar-refractivity contribution is 5.60. The molecule has 0 radical (unpaired) electrons. The van der Waals surface area contributed by atoms with Crippen molar-refractivity contribution in [3.8, 4) is 11.4 Å². The van der Waals surface area contributed by atoms with E-state index in [1.807, 2.05) is 0 Å². The minimum atomic E-state index is 0.180. The lowest BCUT2D eigenvalue weighted by atomic mass is 10.0. The Morgan fingerprint density at radius 3 is 2.60 bits per heavy atom. The summed E-state index contributed by atoms with van der Waals surface area (Å²) in [5, 5.41) is 3.39. The van der Waals surface area contributed by atoms with Gasteiger partial charge in [-0.2, -0.15) is 0 Å². The van der Waals surface area contributed by atoms with Crippen LogP contribution in [0.4, 0.5) is 11.8 Å². The average Bonchev–Trinajstić information content (AvgIpc) is 2.60. The van der Waals surface area contributed by atoms with Crippen LogP contribution in [0, 0.1) is 0 Å². The van der Waals surface area contributed by atoms with Crippen LogP contribution >= 0.6 is 0 Å². The molecule has 0 aliphatic carbocycles. The van der Waals surface area contributed by atoms with Gasteiger partial charge in [-0.05, 0) is 26.8 Å². The summed E-state index contributed by atoms with van der Waals surface area (Å²) in [6, 6.07) is 0. The lowest BCUT2D eigenvalue weighted by Crippen LogP contribution is -2.46. The Morgan fingerprint density at radius 2 is 1.88 bits per heavy atom. The molecule has 2 aromatic heterocycles. The van der Waals surface area contributed by atoms with Gasteiger partial charge in [0.05, 0.1) is 23.5 Å². The fraction of sp³-hybridized carbons (Fsp3) is 0.529. The molecule has 0 saturated carbocycles. The minimum absolute atomic E-state index is 0.180. The molecule has 8 heteroatoms. The summed E-state index contributed by atoms with van der Waals surface area (Å²) in [4.78, 5) is 20.1. The van der Waals surface area contributed by atoms with Gasteiger partial charge in [-0.25, -0.2) is 19.9 Å². The number of aromatic nitrogens is 4. The fourth-order valence-electron chi connectivity index (χ4n) is 3.53. The minimum Gasteiger partial charge on any atom is -0.372 e. The molecule has 25 heavy (non-hydrogen) atoms. The number of hydrogen-bond donors (Lipinski definition) is 2. The van der Waals surface area contributed by atoms with Crippen molar-refractivity contribution in [1.82, 2.24) is 25.3 Å². The van der Waals surface area contributed by atoms with E-state index in [1.54, 1.807) is 12.4 Å². The first kappa shape index (κ1) is 16.2. The third-order valence-corrected chi connectivity index (χ3v) is 4.56. The lowest BCUT2D eigenvalue weighted by Gasteiger charge is -2.37. The van der Waals surface area contributed by atoms with Gasteiger partial charge in [-0.1, -0.05) is 0 Å². The maximum Gasteiger partial charge on any atom is 0.219 e. The quantitative estimate of drug-likeness (QED) is 0.826. The molecule has 0 bridgehead atoms. The van der Waals surface area contributed by atoms with E-state index < -0.39 is 0 Å². The molecule has 0 amide bonds. The van der Waals surface area contributed by atoms with Crippen LogP contribution in [-0.4, -0.2) is 51.8 Å². The maximum absolute atomic E-state index is 5.88. The van der Waals surface area contributed by atoms with Gasteiger partial charge >= 0.3 is 0 Å². The highest BCUT2D eigenvalue weighted by Crippen LogP contribution is 2.29. The molecule has 1 fully saturated rings. The zero-order valence-corrected chi connectivity index (χ0v) is 14.6. The Morgan fingerprint density at radius 1 is 1.16 bits per heavy atom. The Bertz CT molecular complexity index is 754. The van der Waals surface area contributed by atoms with Crippen LogP contribution in [0.15, 0.2) is 12.4 Å². The largest absolute Gasteiger partial charge is 0.372 e. The van der Waals surface area contributed by atoms with E-state index in [2.05, 4.69) is 34.0 Å². The van der Waals surface area contributed by atoms with E-state index in [1.165, 1.54) is 5.56 Å². The highest BCUT2D eigenvalue weighted by Gasteiger charge is 2.28. The van der Waals surface area contributed by atoms with E-state index in [0.29, 0.717) is 5.82 Å². The van der Waals surface area contributed by atoms with Gasteiger partial charge in [0, 0.05) is 37.6 Å². The van der Waals surface area contributed by atoms with Crippen LogP contribution in [0.1, 0.15) is 25.1 Å². The zero-order chi connectivity index (χ0) is 17.4. The smallest absolute Gasteiger partial charge is 0.219 e. The molecule has 2 aliphatic heterocycles. The number of nitrogens with zero attached hydrogens (tertiary/aromatic N) is 5. The average molecular weight is 341 g/mol. The molecule has 0 spiro atoms. The molecule has 2 aromatic rings. The number of fused-ring (bicyclic) bond motifs is 1. The summed E-state index contributed by atoms with van der Waals surface area (Å²) < 4.78 is 5.88. The molecular formula is C17H23N7O. The van der Waals surface area contributed by atoms with Gasteiger partial charge in [0.15, 0.2) is 5.82 Å². The molecule has 0 aromatic carbocycles. The predicted molar refractivity (Wildman–Crippen MR) is 95.1 cm³/mol. The van der Waals surface area contributed by atoms with Crippen LogP contribution in [0.3, 0.4) is 0 Å². The Balaban J connectivity index is 1.78. The second kappa shape index (κ2) is 6.53. The molecule has 132 valence electrons. The molecule has 8 nitrogen and oxygen atoms in total. The highest BCUT2D eigenvalue weighted by atomic mass is 16.5. The van der Waals surface area contributed by atoms with Gasteiger partial charge in [0.2, 0.25) is 5.95 Å². The van der Waals surface area contributed by atoms with Crippen LogP contribution < -0.4 is 16.0 Å². The van der Waals surface area contributed by atoms with Gasteiger partial charge in [0.25, 0.3) is 0 Å². The monoisotopic (exact) mass is 341 g/mol. The molecule has 4 rings (SSSR count).